The van der Waals surface area contributed by atoms with Crippen LogP contribution in [0.4, 0.5) is 0 Å². The van der Waals surface area contributed by atoms with Crippen LogP contribution in [0.5, 0.6) is 11.5 Å². The third-order valence-electron chi connectivity index (χ3n) is 17.8. The molecule has 6 fully saturated rings. The van der Waals surface area contributed by atoms with E-state index in [1.54, 1.807) is 0 Å². The Morgan fingerprint density at radius 2 is 0.983 bits per heavy atom. The number of carbonyl (C=O) groups excluding carboxylic acids is 2. The van der Waals surface area contributed by atoms with Gasteiger partial charge in [-0.25, -0.2) is 0 Å². The maximum Gasteiger partial charge on any atom is 0.311 e. The molecule has 4 saturated carbocycles. The Bertz CT molecular complexity index is 1670. The van der Waals surface area contributed by atoms with Gasteiger partial charge in [0.2, 0.25) is 0 Å². The van der Waals surface area contributed by atoms with Crippen molar-refractivity contribution in [2.45, 2.75) is 190 Å². The van der Waals surface area contributed by atoms with Crippen molar-refractivity contribution in [1.29, 1.82) is 0 Å². The number of hydrogen-bond acceptors (Lipinski definition) is 6. The molecule has 6 nitrogen and oxygen atoms in total. The first kappa shape index (κ1) is 39.4. The smallest absolute Gasteiger partial charge is 0.311 e. The zero-order valence-corrected chi connectivity index (χ0v) is 35.7. The number of fused-ring (bicyclic) bond motifs is 2. The lowest BCUT2D eigenvalue weighted by atomic mass is 9.52. The van der Waals surface area contributed by atoms with Gasteiger partial charge in [0.05, 0.1) is 0 Å². The van der Waals surface area contributed by atoms with E-state index in [4.69, 9.17) is 9.47 Å². The largest absolute Gasteiger partial charge is 0.427 e. The van der Waals surface area contributed by atoms with Gasteiger partial charge in [-0.3, -0.25) is 19.4 Å². The lowest BCUT2D eigenvalue weighted by Gasteiger charge is -2.59. The summed E-state index contributed by atoms with van der Waals surface area (Å²) in [6, 6.07) is 14.7. The van der Waals surface area contributed by atoms with Crippen molar-refractivity contribution in [3.8, 4) is 11.5 Å². The van der Waals surface area contributed by atoms with E-state index in [0.29, 0.717) is 24.9 Å². The van der Waals surface area contributed by atoms with Gasteiger partial charge in [0.25, 0.3) is 0 Å². The maximum absolute atomic E-state index is 13.0. The van der Waals surface area contributed by atoms with Gasteiger partial charge in [0.1, 0.15) is 11.5 Å². The van der Waals surface area contributed by atoms with Crippen LogP contribution in [0.3, 0.4) is 0 Å². The first-order valence-corrected chi connectivity index (χ1v) is 24.6. The van der Waals surface area contributed by atoms with Gasteiger partial charge in [-0.2, -0.15) is 0 Å². The van der Waals surface area contributed by atoms with E-state index in [9.17, 15) is 9.59 Å². The fraction of sp³-hybridized carbons (Fsp3) is 0.731. The Morgan fingerprint density at radius 1 is 0.534 bits per heavy atom. The Labute approximate surface area is 349 Å². The lowest BCUT2D eigenvalue weighted by molar-refractivity contribution is -0.135. The topological polar surface area (TPSA) is 59.1 Å². The standard InChI is InChI=1S/C52H72N2O4/c55-49(57-41-23-21-39-31-47-43-17-7-9-25-51(43,45(39)33-41)27-29-53(47)35-37-13-11-14-37)19-5-3-1-2-4-6-20-50(56)58-42-24-22-40-32-48-44-18-8-10-26-52(44,46(40)34-42)28-30-54(48)36-38-15-12-16-38/h21-24,33-34,37-38,43-44,47-48H,1-20,25-32,35-36H2/t43-,44+,47-,48+,51-,52+. The molecular formula is C52H72N2O4. The molecule has 2 aliphatic heterocycles. The van der Waals surface area contributed by atoms with Crippen molar-refractivity contribution >= 4 is 11.9 Å². The van der Waals surface area contributed by atoms with E-state index < -0.39 is 0 Å². The summed E-state index contributed by atoms with van der Waals surface area (Å²) in [5.74, 6) is 4.68. The normalized spacial score (nSPS) is 31.8. The number of piperidine rings is 2. The van der Waals surface area contributed by atoms with E-state index in [0.717, 1.165) is 73.7 Å². The van der Waals surface area contributed by atoms with Crippen LogP contribution in [-0.4, -0.2) is 60.0 Å². The second-order valence-corrected chi connectivity index (χ2v) is 20.9. The van der Waals surface area contributed by atoms with Crippen LogP contribution in [0.1, 0.15) is 176 Å². The Balaban J connectivity index is 0.649. The molecule has 10 rings (SSSR count). The lowest BCUT2D eigenvalue weighted by Crippen LogP contribution is -2.61. The molecule has 6 heteroatoms. The number of likely N-dealkylation sites (tertiary alicyclic amines) is 2. The fourth-order valence-corrected chi connectivity index (χ4v) is 14.3. The number of carbonyl (C=O) groups is 2. The molecule has 314 valence electrons. The maximum atomic E-state index is 13.0. The molecule has 6 aliphatic carbocycles. The highest BCUT2D eigenvalue weighted by Crippen LogP contribution is 2.58. The highest BCUT2D eigenvalue weighted by molar-refractivity contribution is 5.73. The predicted molar refractivity (Wildman–Crippen MR) is 230 cm³/mol. The van der Waals surface area contributed by atoms with E-state index >= 15 is 0 Å². The molecule has 8 aliphatic rings. The molecule has 2 saturated heterocycles. The summed E-state index contributed by atoms with van der Waals surface area (Å²) in [7, 11) is 0. The molecule has 2 heterocycles. The zero-order chi connectivity index (χ0) is 39.1. The number of nitrogens with zero attached hydrogens (tertiary/aromatic N) is 2. The minimum absolute atomic E-state index is 0.0978. The molecule has 58 heavy (non-hydrogen) atoms. The molecule has 0 N–H and O–H groups in total. The van der Waals surface area contributed by atoms with Crippen molar-refractivity contribution in [2.75, 3.05) is 26.2 Å². The average Bonchev–Trinajstić information content (AvgIpc) is 3.20. The molecule has 2 aromatic rings. The first-order valence-electron chi connectivity index (χ1n) is 24.6. The van der Waals surface area contributed by atoms with E-state index in [-0.39, 0.29) is 22.8 Å². The number of unbranched alkanes of at least 4 members (excludes halogenated alkanes) is 5. The van der Waals surface area contributed by atoms with E-state index in [1.165, 1.54) is 164 Å². The summed E-state index contributed by atoms with van der Waals surface area (Å²) in [5, 5.41) is 0. The van der Waals surface area contributed by atoms with Crippen molar-refractivity contribution < 1.29 is 19.1 Å². The van der Waals surface area contributed by atoms with Gasteiger partial charge < -0.3 is 9.47 Å². The molecule has 2 aromatic carbocycles. The SMILES string of the molecule is O=C(CCCCCCCCC(=O)Oc1ccc2c(c1)[C@]13CCCC[C@H]1[C@H](C2)N(CC1CCC1)CC3)Oc1ccc2c(c1)[C@@]13CCCC[C@@H]1[C@@H](C2)N(CC1CCC1)CC3. The van der Waals surface area contributed by atoms with Crippen LogP contribution in [0.2, 0.25) is 0 Å². The average molecular weight is 789 g/mol. The quantitative estimate of drug-likeness (QED) is 0.102. The van der Waals surface area contributed by atoms with Crippen LogP contribution in [0.25, 0.3) is 0 Å². The molecule has 0 radical (unpaired) electrons. The number of hydrogen-bond donors (Lipinski definition) is 0. The van der Waals surface area contributed by atoms with Gasteiger partial charge in [-0.15, -0.1) is 0 Å². The van der Waals surface area contributed by atoms with Gasteiger partial charge in [0.15, 0.2) is 0 Å². The van der Waals surface area contributed by atoms with Gasteiger partial charge in [-0.1, -0.05) is 76.3 Å². The number of ether oxygens (including phenoxy) is 2. The molecule has 0 spiro atoms. The van der Waals surface area contributed by atoms with Gasteiger partial charge >= 0.3 is 11.9 Å². The predicted octanol–water partition coefficient (Wildman–Crippen LogP) is 11.0. The van der Waals surface area contributed by atoms with Crippen molar-refractivity contribution in [1.82, 2.24) is 9.80 Å². The molecule has 0 aromatic heterocycles. The van der Waals surface area contributed by atoms with Crippen LogP contribution in [0.15, 0.2) is 36.4 Å². The molecule has 4 bridgehead atoms. The monoisotopic (exact) mass is 789 g/mol. The third kappa shape index (κ3) is 7.62. The van der Waals surface area contributed by atoms with Crippen LogP contribution in [0, 0.1) is 23.7 Å². The second-order valence-electron chi connectivity index (χ2n) is 20.9. The van der Waals surface area contributed by atoms with Crippen molar-refractivity contribution in [2.24, 2.45) is 23.7 Å². The van der Waals surface area contributed by atoms with Gasteiger partial charge in [0, 0.05) is 48.8 Å². The molecular weight excluding hydrogens is 717 g/mol. The zero-order valence-electron chi connectivity index (χ0n) is 35.7. The molecule has 6 atom stereocenters. The second kappa shape index (κ2) is 17.0. The summed E-state index contributed by atoms with van der Waals surface area (Å²) < 4.78 is 12.0. The van der Waals surface area contributed by atoms with E-state index in [2.05, 4.69) is 46.2 Å². The van der Waals surface area contributed by atoms with Gasteiger partial charge in [-0.05, 0) is 173 Å². The highest BCUT2D eigenvalue weighted by atomic mass is 16.5. The van der Waals surface area contributed by atoms with Crippen LogP contribution in [-0.2, 0) is 33.3 Å². The Hall–Kier alpha value is -2.70. The third-order valence-corrected chi connectivity index (χ3v) is 17.8. The molecule has 0 unspecified atom stereocenters. The van der Waals surface area contributed by atoms with E-state index in [1.807, 2.05) is 0 Å². The summed E-state index contributed by atoms with van der Waals surface area (Å²) in [6.07, 6.45) is 31.0. The van der Waals surface area contributed by atoms with Crippen LogP contribution >= 0.6 is 0 Å². The Morgan fingerprint density at radius 3 is 1.41 bits per heavy atom. The summed E-state index contributed by atoms with van der Waals surface area (Å²) >= 11 is 0. The highest BCUT2D eigenvalue weighted by Gasteiger charge is 2.55. The minimum atomic E-state index is -0.0978. The Kier molecular flexibility index (Phi) is 11.5. The number of benzene rings is 2. The van der Waals surface area contributed by atoms with Crippen molar-refractivity contribution in [3.63, 3.8) is 0 Å². The summed E-state index contributed by atoms with van der Waals surface area (Å²) in [6.45, 7) is 5.10. The molecule has 0 amide bonds. The minimum Gasteiger partial charge on any atom is -0.427 e. The van der Waals surface area contributed by atoms with Crippen molar-refractivity contribution in [3.05, 3.63) is 58.7 Å². The van der Waals surface area contributed by atoms with Crippen LogP contribution < -0.4 is 9.47 Å². The number of esters is 2. The number of rotatable bonds is 15. The summed E-state index contributed by atoms with van der Waals surface area (Å²) in [5.41, 5.74) is 6.61. The summed E-state index contributed by atoms with van der Waals surface area (Å²) in [4.78, 5) is 31.8. The first-order chi connectivity index (χ1) is 28.5. The fourth-order valence-electron chi connectivity index (χ4n) is 14.3.